The molecule has 0 bridgehead atoms. The van der Waals surface area contributed by atoms with E-state index in [4.69, 9.17) is 4.74 Å². The summed E-state index contributed by atoms with van der Waals surface area (Å²) in [6.45, 7) is 0.673. The van der Waals surface area contributed by atoms with Crippen LogP contribution in [0.15, 0.2) is 65.3 Å². The van der Waals surface area contributed by atoms with E-state index in [-0.39, 0.29) is 30.3 Å². The third kappa shape index (κ3) is 5.19. The molecule has 1 amide bonds. The lowest BCUT2D eigenvalue weighted by molar-refractivity contribution is 0.0933. The predicted molar refractivity (Wildman–Crippen MR) is 133 cm³/mol. The van der Waals surface area contributed by atoms with Gasteiger partial charge in [-0.05, 0) is 48.9 Å². The number of carbonyl (C=O) groups excluding carboxylic acids is 1. The number of pyridine rings is 1. The van der Waals surface area contributed by atoms with Crippen molar-refractivity contribution in [2.24, 2.45) is 0 Å². The number of hydrogen-bond donors (Lipinski definition) is 5. The van der Waals surface area contributed by atoms with Crippen molar-refractivity contribution in [3.05, 3.63) is 71.0 Å². The third-order valence-electron chi connectivity index (χ3n) is 5.54. The predicted octanol–water partition coefficient (Wildman–Crippen LogP) is 3.71. The van der Waals surface area contributed by atoms with Crippen molar-refractivity contribution < 1.29 is 14.6 Å². The van der Waals surface area contributed by atoms with Crippen molar-refractivity contribution in [2.45, 2.75) is 18.5 Å². The van der Waals surface area contributed by atoms with Crippen LogP contribution in [0.2, 0.25) is 0 Å². The Morgan fingerprint density at radius 3 is 2.76 bits per heavy atom. The standard InChI is InChI=1S/C24H23BrN6O3/c25-14-1-3-15(4-2-14)29-24-30-20-6-5-18(10-21(20)31-24)34-19-7-8-26-22(11-19)23(33)28-16-9-17(13-32)27-12-16/h1-8,10-11,16-17,27,32H,9,12-13H2,(H,28,33)(H2,29,30,31)/t16-,17-/m1/s1. The Morgan fingerprint density at radius 2 is 1.97 bits per heavy atom. The maximum Gasteiger partial charge on any atom is 0.270 e. The van der Waals surface area contributed by atoms with Gasteiger partial charge in [-0.15, -0.1) is 0 Å². The molecule has 0 saturated carbocycles. The number of fused-ring (bicyclic) bond motifs is 1. The van der Waals surface area contributed by atoms with Crippen LogP contribution in [0, 0.1) is 0 Å². The Kier molecular flexibility index (Phi) is 6.43. The molecular weight excluding hydrogens is 500 g/mol. The van der Waals surface area contributed by atoms with Crippen LogP contribution in [0.4, 0.5) is 11.6 Å². The lowest BCUT2D eigenvalue weighted by atomic mass is 10.2. The molecule has 2 atom stereocenters. The molecule has 9 nitrogen and oxygen atoms in total. The van der Waals surface area contributed by atoms with Gasteiger partial charge in [-0.2, -0.15) is 0 Å². The monoisotopic (exact) mass is 522 g/mol. The normalized spacial score (nSPS) is 17.6. The van der Waals surface area contributed by atoms with Crippen molar-refractivity contribution in [1.82, 2.24) is 25.6 Å². The molecule has 3 heterocycles. The van der Waals surface area contributed by atoms with Gasteiger partial charge >= 0.3 is 0 Å². The van der Waals surface area contributed by atoms with Crippen LogP contribution in [0.1, 0.15) is 16.9 Å². The van der Waals surface area contributed by atoms with Crippen molar-refractivity contribution in [2.75, 3.05) is 18.5 Å². The maximum atomic E-state index is 12.6. The second kappa shape index (κ2) is 9.80. The van der Waals surface area contributed by atoms with Crippen LogP contribution < -0.4 is 20.7 Å². The lowest BCUT2D eigenvalue weighted by Crippen LogP contribution is -2.36. The van der Waals surface area contributed by atoms with Gasteiger partial charge in [0.05, 0.1) is 17.6 Å². The third-order valence-corrected chi connectivity index (χ3v) is 6.07. The first-order chi connectivity index (χ1) is 16.6. The number of nitrogens with zero attached hydrogens (tertiary/aromatic N) is 2. The summed E-state index contributed by atoms with van der Waals surface area (Å²) in [6, 6.07) is 16.6. The van der Waals surface area contributed by atoms with Gasteiger partial charge in [0.15, 0.2) is 0 Å². The van der Waals surface area contributed by atoms with Crippen LogP contribution in [0.25, 0.3) is 11.0 Å². The number of halogens is 1. The molecule has 0 aliphatic carbocycles. The van der Waals surface area contributed by atoms with Gasteiger partial charge in [-0.25, -0.2) is 4.98 Å². The van der Waals surface area contributed by atoms with Crippen LogP contribution in [0.5, 0.6) is 11.5 Å². The average molecular weight is 523 g/mol. The average Bonchev–Trinajstić information content (AvgIpc) is 3.46. The largest absolute Gasteiger partial charge is 0.457 e. The number of benzene rings is 2. The fraction of sp³-hybridized carbons (Fsp3) is 0.208. The van der Waals surface area contributed by atoms with Gasteiger partial charge in [0.25, 0.3) is 5.91 Å². The number of hydrogen-bond acceptors (Lipinski definition) is 7. The second-order valence-electron chi connectivity index (χ2n) is 8.07. The van der Waals surface area contributed by atoms with Gasteiger partial charge in [-0.3, -0.25) is 9.78 Å². The van der Waals surface area contributed by atoms with Crippen LogP contribution in [-0.4, -0.2) is 51.2 Å². The number of rotatable bonds is 7. The SMILES string of the molecule is O=C(N[C@H]1CN[C@@H](CO)C1)c1cc(Oc2ccc3nc(Nc4ccc(Br)cc4)[nH]c3c2)ccn1. The fourth-order valence-electron chi connectivity index (χ4n) is 3.84. The first-order valence-corrected chi connectivity index (χ1v) is 11.7. The molecule has 174 valence electrons. The van der Waals surface area contributed by atoms with Gasteiger partial charge in [0.2, 0.25) is 5.95 Å². The Labute approximate surface area is 204 Å². The lowest BCUT2D eigenvalue weighted by Gasteiger charge is -2.12. The number of ether oxygens (including phenoxy) is 1. The molecule has 34 heavy (non-hydrogen) atoms. The molecule has 10 heteroatoms. The summed E-state index contributed by atoms with van der Waals surface area (Å²) in [5, 5.41) is 18.6. The molecule has 4 aromatic rings. The highest BCUT2D eigenvalue weighted by Gasteiger charge is 2.25. The van der Waals surface area contributed by atoms with Crippen LogP contribution in [-0.2, 0) is 0 Å². The topological polar surface area (TPSA) is 124 Å². The second-order valence-corrected chi connectivity index (χ2v) is 8.98. The van der Waals surface area contributed by atoms with Crippen molar-refractivity contribution in [3.8, 4) is 11.5 Å². The van der Waals surface area contributed by atoms with Gasteiger partial charge in [0, 0.05) is 47.1 Å². The number of amides is 1. The number of aromatic amines is 1. The Hall–Kier alpha value is -3.47. The number of aliphatic hydroxyl groups is 1. The first-order valence-electron chi connectivity index (χ1n) is 10.9. The summed E-state index contributed by atoms with van der Waals surface area (Å²) in [5.41, 5.74) is 2.81. The molecule has 1 aliphatic rings. The quantitative estimate of drug-likeness (QED) is 0.250. The number of anilines is 2. The number of H-pyrrole nitrogens is 1. The Morgan fingerprint density at radius 1 is 1.15 bits per heavy atom. The molecule has 0 spiro atoms. The van der Waals surface area contributed by atoms with E-state index in [1.165, 1.54) is 0 Å². The van der Waals surface area contributed by atoms with E-state index >= 15 is 0 Å². The smallest absolute Gasteiger partial charge is 0.270 e. The van der Waals surface area contributed by atoms with Crippen molar-refractivity contribution in [3.63, 3.8) is 0 Å². The molecule has 1 saturated heterocycles. The summed E-state index contributed by atoms with van der Waals surface area (Å²) in [4.78, 5) is 24.6. The number of aromatic nitrogens is 3. The van der Waals surface area contributed by atoms with Gasteiger partial charge < -0.3 is 30.8 Å². The number of aliphatic hydroxyl groups excluding tert-OH is 1. The minimum absolute atomic E-state index is 0.0101. The first kappa shape index (κ1) is 22.3. The number of carbonyl (C=O) groups is 1. The van der Waals surface area contributed by atoms with Gasteiger partial charge in [0.1, 0.15) is 17.2 Å². The minimum Gasteiger partial charge on any atom is -0.457 e. The van der Waals surface area contributed by atoms with E-state index < -0.39 is 0 Å². The summed E-state index contributed by atoms with van der Waals surface area (Å²) >= 11 is 3.43. The van der Waals surface area contributed by atoms with Gasteiger partial charge in [-0.1, -0.05) is 15.9 Å². The molecule has 5 rings (SSSR count). The molecule has 5 N–H and O–H groups in total. The molecule has 2 aromatic carbocycles. The summed E-state index contributed by atoms with van der Waals surface area (Å²) in [5.74, 6) is 1.46. The molecule has 2 aromatic heterocycles. The molecule has 0 radical (unpaired) electrons. The minimum atomic E-state index is -0.275. The van der Waals surface area contributed by atoms with Crippen molar-refractivity contribution >= 4 is 44.5 Å². The zero-order valence-corrected chi connectivity index (χ0v) is 19.7. The Bertz CT molecular complexity index is 1310. The number of nitrogens with one attached hydrogen (secondary N) is 4. The number of imidazole rings is 1. The highest BCUT2D eigenvalue weighted by Crippen LogP contribution is 2.27. The molecule has 1 fully saturated rings. The zero-order chi connectivity index (χ0) is 23.5. The van der Waals surface area contributed by atoms with E-state index in [0.29, 0.717) is 30.4 Å². The summed E-state index contributed by atoms with van der Waals surface area (Å²) in [7, 11) is 0. The zero-order valence-electron chi connectivity index (χ0n) is 18.1. The van der Waals surface area contributed by atoms with E-state index in [9.17, 15) is 9.90 Å². The summed E-state index contributed by atoms with van der Waals surface area (Å²) < 4.78 is 6.99. The molecule has 0 unspecified atom stereocenters. The fourth-order valence-corrected chi connectivity index (χ4v) is 4.11. The molecular formula is C24H23BrN6O3. The maximum absolute atomic E-state index is 12.6. The van der Waals surface area contributed by atoms with E-state index in [2.05, 4.69) is 46.8 Å². The van der Waals surface area contributed by atoms with E-state index in [1.807, 2.05) is 42.5 Å². The molecule has 1 aliphatic heterocycles. The highest BCUT2D eigenvalue weighted by atomic mass is 79.9. The highest BCUT2D eigenvalue weighted by molar-refractivity contribution is 9.10. The Balaban J connectivity index is 1.26. The van der Waals surface area contributed by atoms with E-state index in [1.54, 1.807) is 18.3 Å². The summed E-state index contributed by atoms with van der Waals surface area (Å²) in [6.07, 6.45) is 2.23. The van der Waals surface area contributed by atoms with Crippen LogP contribution in [0.3, 0.4) is 0 Å². The van der Waals surface area contributed by atoms with E-state index in [0.717, 1.165) is 21.2 Å². The van der Waals surface area contributed by atoms with Crippen molar-refractivity contribution in [1.29, 1.82) is 0 Å². The van der Waals surface area contributed by atoms with Crippen LogP contribution >= 0.6 is 15.9 Å².